The number of nitrogens with one attached hydrogen (secondary N) is 1. The van der Waals surface area contributed by atoms with Crippen molar-refractivity contribution < 1.29 is 18.3 Å². The van der Waals surface area contributed by atoms with Crippen molar-refractivity contribution in [2.75, 3.05) is 7.05 Å². The second kappa shape index (κ2) is 5.06. The largest absolute Gasteiger partial charge is 0.478 e. The first-order valence-corrected chi connectivity index (χ1v) is 6.97. The number of carbonyl (C=O) groups is 1. The molecule has 0 saturated heterocycles. The maximum Gasteiger partial charge on any atom is 0.340 e. The van der Waals surface area contributed by atoms with Gasteiger partial charge in [-0.05, 0) is 0 Å². The average Bonchev–Trinajstić information content (AvgIpc) is 2.99. The predicted octanol–water partition coefficient (Wildman–Crippen LogP) is -0.338. The van der Waals surface area contributed by atoms with Crippen molar-refractivity contribution >= 4 is 16.0 Å². The highest BCUT2D eigenvalue weighted by Gasteiger charge is 2.29. The van der Waals surface area contributed by atoms with Gasteiger partial charge >= 0.3 is 5.97 Å². The summed E-state index contributed by atoms with van der Waals surface area (Å²) in [7, 11) is -0.902. The topological polar surface area (TPSA) is 121 Å². The molecule has 0 spiro atoms. The van der Waals surface area contributed by atoms with Gasteiger partial charge in [0.25, 0.3) is 10.0 Å². The van der Waals surface area contributed by atoms with Crippen LogP contribution in [0.1, 0.15) is 16.2 Å². The number of nitrogens with zero attached hydrogens (tertiary/aromatic N) is 4. The SMILES string of the molecule is CN(Cc1nccn1C)S(=O)(=O)c1[nH]ncc1C(=O)O. The van der Waals surface area contributed by atoms with Crippen molar-refractivity contribution in [2.45, 2.75) is 11.6 Å². The Bertz CT molecular complexity index is 732. The molecule has 0 atom stereocenters. The number of hydrogen-bond donors (Lipinski definition) is 2. The van der Waals surface area contributed by atoms with Crippen LogP contribution in [0.25, 0.3) is 0 Å². The number of carboxylic acid groups (broad SMARTS) is 1. The zero-order valence-corrected chi connectivity index (χ0v) is 11.6. The summed E-state index contributed by atoms with van der Waals surface area (Å²) in [4.78, 5) is 15.0. The Morgan fingerprint density at radius 2 is 2.25 bits per heavy atom. The Balaban J connectivity index is 2.32. The highest BCUT2D eigenvalue weighted by atomic mass is 32.2. The molecule has 2 heterocycles. The van der Waals surface area contributed by atoms with Gasteiger partial charge in [0.05, 0.1) is 12.7 Å². The van der Waals surface area contributed by atoms with Crippen molar-refractivity contribution in [3.63, 3.8) is 0 Å². The molecular weight excluding hydrogens is 286 g/mol. The molecule has 0 aliphatic heterocycles. The minimum Gasteiger partial charge on any atom is -0.478 e. The maximum atomic E-state index is 12.3. The number of H-pyrrole nitrogens is 1. The molecule has 2 rings (SSSR count). The standard InChI is InChI=1S/C10H13N5O4S/c1-14-4-3-11-8(14)6-15(2)20(18,19)9-7(10(16)17)5-12-13-9/h3-5H,6H2,1-2H3,(H,12,13)(H,16,17). The van der Waals surface area contributed by atoms with E-state index in [1.807, 2.05) is 0 Å². The highest BCUT2D eigenvalue weighted by molar-refractivity contribution is 7.89. The fraction of sp³-hybridized carbons (Fsp3) is 0.300. The van der Waals surface area contributed by atoms with Crippen LogP contribution in [0.15, 0.2) is 23.6 Å². The van der Waals surface area contributed by atoms with Crippen molar-refractivity contribution in [3.8, 4) is 0 Å². The quantitative estimate of drug-likeness (QED) is 0.779. The van der Waals surface area contributed by atoms with E-state index in [-0.39, 0.29) is 6.54 Å². The van der Waals surface area contributed by atoms with Crippen LogP contribution in [-0.4, -0.2) is 50.6 Å². The number of aryl methyl sites for hydroxylation is 1. The Kier molecular flexibility index (Phi) is 3.59. The van der Waals surface area contributed by atoms with Crippen LogP contribution in [-0.2, 0) is 23.6 Å². The van der Waals surface area contributed by atoms with Crippen LogP contribution in [0.2, 0.25) is 0 Å². The minimum atomic E-state index is -3.98. The molecule has 0 aliphatic rings. The Morgan fingerprint density at radius 1 is 1.55 bits per heavy atom. The maximum absolute atomic E-state index is 12.3. The molecule has 9 nitrogen and oxygen atoms in total. The molecule has 2 aromatic rings. The molecule has 0 saturated carbocycles. The summed E-state index contributed by atoms with van der Waals surface area (Å²) < 4.78 is 27.3. The van der Waals surface area contributed by atoms with E-state index in [1.165, 1.54) is 7.05 Å². The number of sulfonamides is 1. The van der Waals surface area contributed by atoms with Crippen LogP contribution in [0.3, 0.4) is 0 Å². The van der Waals surface area contributed by atoms with Crippen LogP contribution in [0.5, 0.6) is 0 Å². The molecule has 10 heteroatoms. The van der Waals surface area contributed by atoms with E-state index in [1.54, 1.807) is 24.0 Å². The van der Waals surface area contributed by atoms with Gasteiger partial charge in [-0.2, -0.15) is 9.40 Å². The van der Waals surface area contributed by atoms with Crippen molar-refractivity contribution in [1.82, 2.24) is 24.1 Å². The summed E-state index contributed by atoms with van der Waals surface area (Å²) >= 11 is 0. The predicted molar refractivity (Wildman–Crippen MR) is 67.4 cm³/mol. The lowest BCUT2D eigenvalue weighted by Gasteiger charge is -2.16. The van der Waals surface area contributed by atoms with Crippen molar-refractivity contribution in [2.24, 2.45) is 7.05 Å². The first kappa shape index (κ1) is 14.2. The summed E-state index contributed by atoms with van der Waals surface area (Å²) in [5.41, 5.74) is -0.392. The van der Waals surface area contributed by atoms with E-state index < -0.39 is 26.6 Å². The summed E-state index contributed by atoms with van der Waals surface area (Å²) in [6.45, 7) is 0.0178. The third-order valence-corrected chi connectivity index (χ3v) is 4.56. The van der Waals surface area contributed by atoms with Crippen molar-refractivity contribution in [3.05, 3.63) is 30.0 Å². The van der Waals surface area contributed by atoms with Gasteiger partial charge in [-0.15, -0.1) is 0 Å². The van der Waals surface area contributed by atoms with Crippen molar-refractivity contribution in [1.29, 1.82) is 0 Å². The van der Waals surface area contributed by atoms with Gasteiger partial charge in [-0.3, -0.25) is 5.10 Å². The summed E-state index contributed by atoms with van der Waals surface area (Å²) in [6, 6.07) is 0. The molecule has 0 radical (unpaired) electrons. The lowest BCUT2D eigenvalue weighted by molar-refractivity contribution is 0.0692. The van der Waals surface area contributed by atoms with Crippen LogP contribution in [0.4, 0.5) is 0 Å². The molecule has 0 amide bonds. The summed E-state index contributed by atoms with van der Waals surface area (Å²) in [5, 5.41) is 14.2. The van der Waals surface area contributed by atoms with Crippen LogP contribution < -0.4 is 0 Å². The Morgan fingerprint density at radius 3 is 2.80 bits per heavy atom. The number of aromatic carboxylic acids is 1. The number of aromatic nitrogens is 4. The Labute approximate surface area is 114 Å². The Hall–Kier alpha value is -2.20. The summed E-state index contributed by atoms with van der Waals surface area (Å²) in [5.74, 6) is -0.824. The zero-order valence-electron chi connectivity index (χ0n) is 10.8. The molecule has 2 aromatic heterocycles. The number of rotatable bonds is 5. The molecular formula is C10H13N5O4S. The fourth-order valence-electron chi connectivity index (χ4n) is 1.61. The lowest BCUT2D eigenvalue weighted by atomic mass is 10.4. The van der Waals surface area contributed by atoms with Gasteiger partial charge in [0.15, 0.2) is 5.03 Å². The van der Waals surface area contributed by atoms with Gasteiger partial charge in [0.1, 0.15) is 11.4 Å². The highest BCUT2D eigenvalue weighted by Crippen LogP contribution is 2.17. The lowest BCUT2D eigenvalue weighted by Crippen LogP contribution is -2.29. The van der Waals surface area contributed by atoms with E-state index in [2.05, 4.69) is 15.2 Å². The molecule has 0 unspecified atom stereocenters. The normalized spacial score (nSPS) is 11.9. The molecule has 0 aromatic carbocycles. The second-order valence-corrected chi connectivity index (χ2v) is 6.12. The zero-order chi connectivity index (χ0) is 14.9. The molecule has 2 N–H and O–H groups in total. The third-order valence-electron chi connectivity index (χ3n) is 2.79. The van der Waals surface area contributed by atoms with Gasteiger partial charge in [-0.25, -0.2) is 18.2 Å². The number of carboxylic acids is 1. The van der Waals surface area contributed by atoms with E-state index >= 15 is 0 Å². The van der Waals surface area contributed by atoms with Crippen LogP contribution in [0, 0.1) is 0 Å². The molecule has 0 fully saturated rings. The van der Waals surface area contributed by atoms with Gasteiger partial charge < -0.3 is 9.67 Å². The van der Waals surface area contributed by atoms with E-state index in [0.717, 1.165) is 10.5 Å². The first-order chi connectivity index (χ1) is 9.34. The molecule has 108 valence electrons. The fourth-order valence-corrected chi connectivity index (χ4v) is 2.80. The third kappa shape index (κ3) is 2.42. The first-order valence-electron chi connectivity index (χ1n) is 5.53. The molecule has 0 aliphatic carbocycles. The smallest absolute Gasteiger partial charge is 0.340 e. The second-order valence-electron chi connectivity index (χ2n) is 4.13. The van der Waals surface area contributed by atoms with Gasteiger partial charge in [0, 0.05) is 26.5 Å². The molecule has 20 heavy (non-hydrogen) atoms. The monoisotopic (exact) mass is 299 g/mol. The number of imidazole rings is 1. The van der Waals surface area contributed by atoms with E-state index in [9.17, 15) is 13.2 Å². The van der Waals surface area contributed by atoms with E-state index in [4.69, 9.17) is 5.11 Å². The van der Waals surface area contributed by atoms with Gasteiger partial charge in [-0.1, -0.05) is 0 Å². The number of aromatic amines is 1. The number of hydrogen-bond acceptors (Lipinski definition) is 5. The average molecular weight is 299 g/mol. The molecule has 0 bridgehead atoms. The van der Waals surface area contributed by atoms with Crippen LogP contribution >= 0.6 is 0 Å². The minimum absolute atomic E-state index is 0.0178. The van der Waals surface area contributed by atoms with Gasteiger partial charge in [0.2, 0.25) is 0 Å². The van der Waals surface area contributed by atoms with E-state index in [0.29, 0.717) is 5.82 Å². The summed E-state index contributed by atoms with van der Waals surface area (Å²) in [6.07, 6.45) is 4.20.